The van der Waals surface area contributed by atoms with Crippen LogP contribution in [0.4, 0.5) is 0 Å². The number of ether oxygens (including phenoxy) is 2. The van der Waals surface area contributed by atoms with Crippen molar-refractivity contribution in [3.05, 3.63) is 214 Å². The maximum atomic E-state index is 15.6. The lowest BCUT2D eigenvalue weighted by atomic mass is 9.84. The molecule has 78 heavy (non-hydrogen) atoms. The van der Waals surface area contributed by atoms with Crippen molar-refractivity contribution in [2.45, 2.75) is 103 Å². The quantitative estimate of drug-likeness (QED) is 0.0454. The van der Waals surface area contributed by atoms with Crippen LogP contribution < -0.4 is 0 Å². The molecule has 6 atom stereocenters. The van der Waals surface area contributed by atoms with Crippen molar-refractivity contribution >= 4 is 43.2 Å². The number of carbonyl (C=O) groups is 2. The Labute approximate surface area is 450 Å². The van der Waals surface area contributed by atoms with Crippen molar-refractivity contribution in [1.29, 1.82) is 0 Å². The lowest BCUT2D eigenvalue weighted by molar-refractivity contribution is -0.232. The van der Waals surface area contributed by atoms with Gasteiger partial charge >= 0.3 is 43.2 Å². The summed E-state index contributed by atoms with van der Waals surface area (Å²) in [5, 5.41) is 0. The van der Waals surface area contributed by atoms with Gasteiger partial charge in [-0.05, 0) is 44.5 Å². The van der Waals surface area contributed by atoms with Gasteiger partial charge in [0.15, 0.2) is 12.2 Å². The van der Waals surface area contributed by atoms with Crippen LogP contribution in [0.1, 0.15) is 58.4 Å². The highest BCUT2D eigenvalue weighted by Crippen LogP contribution is 2.63. The van der Waals surface area contributed by atoms with Gasteiger partial charge in [0.2, 0.25) is 0 Å². The van der Waals surface area contributed by atoms with Gasteiger partial charge in [0.25, 0.3) is 0 Å². The molecule has 1 saturated carbocycles. The molecule has 0 aromatic heterocycles. The number of rotatable bonds is 22. The third-order valence-corrected chi connectivity index (χ3v) is 17.8. The number of phosphoric acid groups is 4. The number of benzene rings is 6. The minimum absolute atomic E-state index is 0.349. The Morgan fingerprint density at radius 3 is 0.885 bits per heavy atom. The minimum Gasteiger partial charge on any atom is -0.456 e. The van der Waals surface area contributed by atoms with E-state index in [4.69, 9.17) is 63.8 Å². The van der Waals surface area contributed by atoms with E-state index in [2.05, 4.69) is 0 Å². The summed E-state index contributed by atoms with van der Waals surface area (Å²) in [6.07, 6.45) is -13.2. The van der Waals surface area contributed by atoms with E-state index >= 15 is 18.3 Å². The first-order valence-electron chi connectivity index (χ1n) is 24.6. The predicted molar refractivity (Wildman–Crippen MR) is 278 cm³/mol. The molecular weight excluding hydrogens is 1090 g/mol. The Hall–Kier alpha value is -5.30. The smallest absolute Gasteiger partial charge is 0.456 e. The van der Waals surface area contributed by atoms with Crippen LogP contribution in [0.2, 0.25) is 0 Å². The lowest BCUT2D eigenvalue weighted by Crippen LogP contribution is -2.67. The number of hydrogen-bond acceptors (Lipinski definition) is 20. The van der Waals surface area contributed by atoms with E-state index in [1.54, 1.807) is 170 Å². The first-order chi connectivity index (χ1) is 37.6. The van der Waals surface area contributed by atoms with Gasteiger partial charge in [-0.25, -0.2) is 18.3 Å². The maximum absolute atomic E-state index is 15.6. The standard InChI is InChI=1S/C54H56O20P4/c1-39(55)69-49-50(70-40(2)56)52(72-76(58,63-33-43-23-11-5-12-24-43)64-34-44-25-13-6-14-26-44)54(74-78(60)67-37-47-29-17-18-30-48(47)38-68-78)53(73-77(59)65-35-45-27-15-16-28-46(45)36-66-77)51(49)71-75(57,61-31-41-19-7-3-8-20-41)62-32-42-21-9-4-10-22-42/h3-30,49-54H,31-38H2,1-2H3/t49-,50-,51+,52+,53-,54+/m0/s1. The number of fused-ring (bicyclic) bond motifs is 2. The van der Waals surface area contributed by atoms with Crippen LogP contribution in [0, 0.1) is 0 Å². The molecule has 0 amide bonds. The number of carbonyl (C=O) groups excluding carboxylic acids is 2. The molecule has 0 N–H and O–H groups in total. The number of hydrogen-bond donors (Lipinski definition) is 0. The maximum Gasteiger partial charge on any atom is 0.475 e. The van der Waals surface area contributed by atoms with Crippen LogP contribution in [0.25, 0.3) is 0 Å². The van der Waals surface area contributed by atoms with Gasteiger partial charge in [0.05, 0.1) is 52.9 Å². The van der Waals surface area contributed by atoms with Crippen molar-refractivity contribution in [1.82, 2.24) is 0 Å². The van der Waals surface area contributed by atoms with Crippen LogP contribution in [0.5, 0.6) is 0 Å². The minimum atomic E-state index is -5.13. The zero-order chi connectivity index (χ0) is 54.6. The molecule has 412 valence electrons. The summed E-state index contributed by atoms with van der Waals surface area (Å²) in [7, 11) is -20.3. The molecule has 0 spiro atoms. The average molecular weight is 1150 g/mol. The monoisotopic (exact) mass is 1150 g/mol. The molecular formula is C54H56O20P4. The van der Waals surface area contributed by atoms with Crippen LogP contribution in [0.3, 0.4) is 0 Å². The summed E-state index contributed by atoms with van der Waals surface area (Å²) in [5.74, 6) is -2.11. The Morgan fingerprint density at radius 1 is 0.397 bits per heavy atom. The molecule has 2 aliphatic heterocycles. The fourth-order valence-electron chi connectivity index (χ4n) is 8.43. The molecule has 3 aliphatic rings. The molecule has 0 bridgehead atoms. The van der Waals surface area contributed by atoms with E-state index in [1.165, 1.54) is 0 Å². The van der Waals surface area contributed by atoms with Gasteiger partial charge in [-0.1, -0.05) is 170 Å². The summed E-state index contributed by atoms with van der Waals surface area (Å²) in [4.78, 5) is 27.1. The summed E-state index contributed by atoms with van der Waals surface area (Å²) in [6.45, 7) is -0.984. The molecule has 6 aromatic carbocycles. The normalized spacial score (nSPS) is 21.9. The van der Waals surface area contributed by atoms with Crippen LogP contribution in [0.15, 0.2) is 170 Å². The second-order valence-corrected chi connectivity index (χ2v) is 24.4. The van der Waals surface area contributed by atoms with Crippen molar-refractivity contribution < 1.29 is 91.6 Å². The fraction of sp³-hybridized carbons (Fsp3) is 0.296. The van der Waals surface area contributed by atoms with Gasteiger partial charge in [-0.2, -0.15) is 0 Å². The van der Waals surface area contributed by atoms with E-state index in [1.807, 2.05) is 0 Å². The van der Waals surface area contributed by atoms with Crippen molar-refractivity contribution in [3.63, 3.8) is 0 Å². The summed E-state index contributed by atoms with van der Waals surface area (Å²) < 4.78 is 148. The van der Waals surface area contributed by atoms with E-state index in [0.717, 1.165) is 13.8 Å². The zero-order valence-electron chi connectivity index (χ0n) is 42.2. The molecule has 1 aliphatic carbocycles. The van der Waals surface area contributed by atoms with E-state index in [0.29, 0.717) is 44.5 Å². The summed E-state index contributed by atoms with van der Waals surface area (Å²) in [6, 6.07) is 48.0. The second-order valence-electron chi connectivity index (χ2n) is 17.9. The predicted octanol–water partition coefficient (Wildman–Crippen LogP) is 12.2. The summed E-state index contributed by atoms with van der Waals surface area (Å²) >= 11 is 0. The Kier molecular flexibility index (Phi) is 19.4. The van der Waals surface area contributed by atoms with Crippen LogP contribution in [-0.4, -0.2) is 48.6 Å². The SMILES string of the molecule is CC(=O)O[C@H]1[C@H](OC(C)=O)[C@@H](OP(=O)(OCc2ccccc2)OCc2ccccc2)[C@@H](OP2(=O)OCc3ccccc3CO2)[C@@H](OP2(=O)OCc3ccccc3CO2)[C@@H]1OP(=O)(OCc1ccccc1)OCc1ccccc1. The van der Waals surface area contributed by atoms with Crippen LogP contribution >= 0.6 is 31.3 Å². The Morgan fingerprint density at radius 2 is 0.641 bits per heavy atom. The third-order valence-electron chi connectivity index (χ3n) is 12.2. The average Bonchev–Trinajstić information content (AvgIpc) is 3.89. The molecule has 6 aromatic rings. The lowest BCUT2D eigenvalue weighted by Gasteiger charge is -2.49. The molecule has 0 unspecified atom stereocenters. The highest BCUT2D eigenvalue weighted by Gasteiger charge is 2.64. The number of phosphoric ester groups is 4. The highest BCUT2D eigenvalue weighted by molar-refractivity contribution is 7.49. The van der Waals surface area contributed by atoms with Crippen molar-refractivity contribution in [3.8, 4) is 0 Å². The molecule has 0 saturated heterocycles. The summed E-state index contributed by atoms with van der Waals surface area (Å²) in [5.41, 5.74) is 4.33. The fourth-order valence-corrected chi connectivity index (χ4v) is 13.8. The van der Waals surface area contributed by atoms with Gasteiger partial charge in [-0.3, -0.25) is 63.9 Å². The first kappa shape index (κ1) is 57.4. The number of esters is 2. The molecule has 1 fully saturated rings. The Bertz CT molecular complexity index is 2790. The first-order valence-corrected chi connectivity index (χ1v) is 30.4. The molecule has 2 heterocycles. The highest BCUT2D eigenvalue weighted by atomic mass is 31.2. The van der Waals surface area contributed by atoms with Gasteiger partial charge in [0, 0.05) is 13.8 Å². The molecule has 9 rings (SSSR count). The molecule has 0 radical (unpaired) electrons. The third kappa shape index (κ3) is 15.5. The van der Waals surface area contributed by atoms with E-state index < -0.39 is 106 Å². The zero-order valence-corrected chi connectivity index (χ0v) is 45.8. The topological polar surface area (TPSA) is 232 Å². The molecule has 24 heteroatoms. The van der Waals surface area contributed by atoms with Crippen LogP contribution in [-0.2, 0) is 144 Å². The Balaban J connectivity index is 1.21. The van der Waals surface area contributed by atoms with Crippen molar-refractivity contribution in [2.24, 2.45) is 0 Å². The van der Waals surface area contributed by atoms with Crippen molar-refractivity contribution in [2.75, 3.05) is 0 Å². The van der Waals surface area contributed by atoms with E-state index in [-0.39, 0.29) is 26.4 Å². The van der Waals surface area contributed by atoms with Gasteiger partial charge < -0.3 is 9.47 Å². The van der Waals surface area contributed by atoms with Gasteiger partial charge in [0.1, 0.15) is 24.4 Å². The van der Waals surface area contributed by atoms with E-state index in [9.17, 15) is 9.59 Å². The molecule has 20 nitrogen and oxygen atoms in total. The van der Waals surface area contributed by atoms with Gasteiger partial charge in [-0.15, -0.1) is 0 Å². The largest absolute Gasteiger partial charge is 0.475 e. The second kappa shape index (κ2) is 26.3.